The van der Waals surface area contributed by atoms with Gasteiger partial charge in [0.15, 0.2) is 5.96 Å². The first-order chi connectivity index (χ1) is 15.9. The van der Waals surface area contributed by atoms with Crippen molar-refractivity contribution in [2.24, 2.45) is 16.5 Å². The Kier molecular flexibility index (Phi) is 6.27. The molecule has 0 saturated heterocycles. The van der Waals surface area contributed by atoms with E-state index in [9.17, 15) is 8.78 Å². The van der Waals surface area contributed by atoms with Gasteiger partial charge < -0.3 is 25.7 Å². The number of methoxy groups -OCH3 is 1. The van der Waals surface area contributed by atoms with Crippen molar-refractivity contribution in [3.05, 3.63) is 53.1 Å². The summed E-state index contributed by atoms with van der Waals surface area (Å²) in [5, 5.41) is 12.2. The summed E-state index contributed by atoms with van der Waals surface area (Å²) in [5.74, 6) is -3.28. The molecule has 1 aromatic carbocycles. The van der Waals surface area contributed by atoms with Crippen LogP contribution in [0.2, 0.25) is 0 Å². The van der Waals surface area contributed by atoms with E-state index >= 15 is 0 Å². The molecule has 1 aliphatic rings. The van der Waals surface area contributed by atoms with Crippen molar-refractivity contribution in [1.29, 1.82) is 0 Å². The molecule has 4 rings (SSSR count). The van der Waals surface area contributed by atoms with Gasteiger partial charge in [0.25, 0.3) is 0 Å². The summed E-state index contributed by atoms with van der Waals surface area (Å²) < 4.78 is 37.1. The monoisotopic (exact) mass is 459 g/mol. The third kappa shape index (κ3) is 4.25. The van der Waals surface area contributed by atoms with Crippen molar-refractivity contribution in [2.75, 3.05) is 13.7 Å². The van der Waals surface area contributed by atoms with Crippen LogP contribution >= 0.6 is 0 Å². The van der Waals surface area contributed by atoms with Gasteiger partial charge in [0.2, 0.25) is 5.82 Å². The van der Waals surface area contributed by atoms with Crippen molar-refractivity contribution in [1.82, 2.24) is 30.1 Å². The second kappa shape index (κ2) is 9.14. The number of tetrazole rings is 1. The van der Waals surface area contributed by atoms with Crippen LogP contribution in [-0.2, 0) is 12.5 Å². The quantitative estimate of drug-likeness (QED) is 0.418. The first kappa shape index (κ1) is 22.6. The van der Waals surface area contributed by atoms with Crippen LogP contribution in [0.4, 0.5) is 14.5 Å². The van der Waals surface area contributed by atoms with Crippen LogP contribution in [-0.4, -0.2) is 49.7 Å². The molecule has 2 aromatic heterocycles. The van der Waals surface area contributed by atoms with Gasteiger partial charge in [-0.2, -0.15) is 14.0 Å². The van der Waals surface area contributed by atoms with E-state index in [-0.39, 0.29) is 12.1 Å². The molecule has 5 N–H and O–H groups in total. The number of unbranched alkanes of at least 4 members (excludes halogenated alkanes) is 2. The van der Waals surface area contributed by atoms with E-state index in [0.717, 1.165) is 25.0 Å². The van der Waals surface area contributed by atoms with E-state index in [1.807, 2.05) is 21.7 Å². The van der Waals surface area contributed by atoms with Gasteiger partial charge in [-0.25, -0.2) is 4.99 Å². The van der Waals surface area contributed by atoms with E-state index in [4.69, 9.17) is 16.2 Å². The molecule has 0 fully saturated rings. The van der Waals surface area contributed by atoms with E-state index in [2.05, 4.69) is 32.5 Å². The molecule has 176 valence electrons. The highest BCUT2D eigenvalue weighted by atomic mass is 19.3. The fourth-order valence-electron chi connectivity index (χ4n) is 4.00. The largest absolute Gasteiger partial charge is 0.496 e. The number of guanidine groups is 1. The maximum Gasteiger partial charge on any atom is 0.335 e. The summed E-state index contributed by atoms with van der Waals surface area (Å²) in [5.41, 5.74) is 14.4. The normalized spacial score (nSPS) is 16.0. The van der Waals surface area contributed by atoms with Crippen LogP contribution in [0.1, 0.15) is 55.0 Å². The lowest BCUT2D eigenvalue weighted by atomic mass is 10.0. The molecule has 33 heavy (non-hydrogen) atoms. The summed E-state index contributed by atoms with van der Waals surface area (Å²) in [6.45, 7) is 3.06. The van der Waals surface area contributed by atoms with E-state index in [1.165, 1.54) is 25.3 Å². The summed E-state index contributed by atoms with van der Waals surface area (Å²) in [4.78, 5) is 6.36. The molecular formula is C21H27F2N9O. The SMILES string of the molecule is CCCCCN1C(N)=Nc2ccn(Cc3cc(C(F)(F)c4nn[nH]n4)ccc3OC)c2C1N. The van der Waals surface area contributed by atoms with Crippen molar-refractivity contribution in [3.8, 4) is 5.75 Å². The van der Waals surface area contributed by atoms with Gasteiger partial charge in [0.05, 0.1) is 25.0 Å². The van der Waals surface area contributed by atoms with Crippen LogP contribution in [0.25, 0.3) is 0 Å². The molecule has 0 aliphatic carbocycles. The van der Waals surface area contributed by atoms with Crippen LogP contribution in [0.15, 0.2) is 35.5 Å². The van der Waals surface area contributed by atoms with Gasteiger partial charge in [-0.05, 0) is 35.9 Å². The molecular weight excluding hydrogens is 432 g/mol. The number of H-pyrrole nitrogens is 1. The first-order valence-corrected chi connectivity index (χ1v) is 10.7. The fraction of sp³-hybridized carbons (Fsp3) is 0.429. The number of fused-ring (bicyclic) bond motifs is 1. The fourth-order valence-corrected chi connectivity index (χ4v) is 4.00. The maximum atomic E-state index is 14.9. The zero-order valence-corrected chi connectivity index (χ0v) is 18.5. The van der Waals surface area contributed by atoms with Gasteiger partial charge in [0.1, 0.15) is 11.9 Å². The van der Waals surface area contributed by atoms with Crippen LogP contribution < -0.4 is 16.2 Å². The molecule has 1 unspecified atom stereocenters. The van der Waals surface area contributed by atoms with Crippen molar-refractivity contribution >= 4 is 11.6 Å². The van der Waals surface area contributed by atoms with E-state index < -0.39 is 17.9 Å². The Bertz CT molecular complexity index is 1130. The molecule has 1 atom stereocenters. The van der Waals surface area contributed by atoms with Crippen LogP contribution in [0, 0.1) is 0 Å². The lowest BCUT2D eigenvalue weighted by Gasteiger charge is -2.34. The summed E-state index contributed by atoms with van der Waals surface area (Å²) in [7, 11) is 1.49. The van der Waals surface area contributed by atoms with E-state index in [0.29, 0.717) is 29.5 Å². The number of rotatable bonds is 9. The lowest BCUT2D eigenvalue weighted by molar-refractivity contribution is 0.0327. The minimum absolute atomic E-state index is 0.251. The molecule has 0 radical (unpaired) electrons. The average molecular weight is 460 g/mol. The minimum atomic E-state index is -3.42. The molecule has 3 aromatic rings. The number of benzene rings is 1. The number of halogens is 2. The zero-order chi connectivity index (χ0) is 23.6. The Morgan fingerprint density at radius 1 is 1.24 bits per heavy atom. The van der Waals surface area contributed by atoms with Gasteiger partial charge in [-0.1, -0.05) is 19.8 Å². The van der Waals surface area contributed by atoms with Crippen molar-refractivity contribution in [3.63, 3.8) is 0 Å². The maximum absolute atomic E-state index is 14.9. The van der Waals surface area contributed by atoms with E-state index in [1.54, 1.807) is 0 Å². The Labute approximate surface area is 189 Å². The Balaban J connectivity index is 1.66. The topological polar surface area (TPSA) is 136 Å². The van der Waals surface area contributed by atoms with Crippen LogP contribution in [0.3, 0.4) is 0 Å². The number of alkyl halides is 2. The third-order valence-electron chi connectivity index (χ3n) is 5.74. The molecule has 10 nitrogen and oxygen atoms in total. The first-order valence-electron chi connectivity index (χ1n) is 10.7. The van der Waals surface area contributed by atoms with Gasteiger partial charge in [-0.3, -0.25) is 0 Å². The number of ether oxygens (including phenoxy) is 1. The van der Waals surface area contributed by atoms with Gasteiger partial charge in [0, 0.05) is 23.9 Å². The number of hydrogen-bond donors (Lipinski definition) is 3. The predicted octanol–water partition coefficient (Wildman–Crippen LogP) is 2.61. The Morgan fingerprint density at radius 3 is 2.76 bits per heavy atom. The minimum Gasteiger partial charge on any atom is -0.496 e. The number of nitrogens with one attached hydrogen (secondary N) is 1. The molecule has 0 saturated carbocycles. The average Bonchev–Trinajstić information content (AvgIpc) is 3.47. The number of aromatic amines is 1. The Hall–Kier alpha value is -3.54. The molecule has 1 aliphatic heterocycles. The molecule has 0 spiro atoms. The standard InChI is InChI=1S/C21H27F2N9O/c1-3-4-5-9-32-18(24)17-15(26-20(32)25)8-10-31(17)12-13-11-14(6-7-16(13)33-2)21(22,23)19-27-29-30-28-19/h6-8,10-11,18H,3-5,9,12,24H2,1-2H3,(H2,25,26)(H,27,28,29,30). The lowest BCUT2D eigenvalue weighted by Crippen LogP contribution is -2.46. The third-order valence-corrected chi connectivity index (χ3v) is 5.74. The highest BCUT2D eigenvalue weighted by Gasteiger charge is 2.39. The number of hydrogen-bond acceptors (Lipinski definition) is 8. The second-order valence-electron chi connectivity index (χ2n) is 7.87. The van der Waals surface area contributed by atoms with Crippen LogP contribution in [0.5, 0.6) is 5.75 Å². The number of aromatic nitrogens is 5. The predicted molar refractivity (Wildman–Crippen MR) is 118 cm³/mol. The van der Waals surface area contributed by atoms with Gasteiger partial charge in [-0.15, -0.1) is 10.2 Å². The van der Waals surface area contributed by atoms with Crippen molar-refractivity contribution in [2.45, 2.75) is 44.8 Å². The highest BCUT2D eigenvalue weighted by Crippen LogP contribution is 2.37. The molecule has 12 heteroatoms. The summed E-state index contributed by atoms with van der Waals surface area (Å²) in [6.07, 6.45) is 4.40. The smallest absolute Gasteiger partial charge is 0.335 e. The summed E-state index contributed by atoms with van der Waals surface area (Å²) in [6, 6.07) is 5.99. The number of nitrogens with two attached hydrogens (primary N) is 2. The second-order valence-corrected chi connectivity index (χ2v) is 7.87. The molecule has 3 heterocycles. The Morgan fingerprint density at radius 2 is 2.06 bits per heavy atom. The number of aliphatic imine (C=N–C) groups is 1. The summed E-state index contributed by atoms with van der Waals surface area (Å²) >= 11 is 0. The van der Waals surface area contributed by atoms with Crippen molar-refractivity contribution < 1.29 is 13.5 Å². The van der Waals surface area contributed by atoms with Gasteiger partial charge >= 0.3 is 5.92 Å². The molecule has 0 amide bonds. The zero-order valence-electron chi connectivity index (χ0n) is 18.5. The molecule has 0 bridgehead atoms. The number of nitrogens with zero attached hydrogens (tertiary/aromatic N) is 6. The highest BCUT2D eigenvalue weighted by molar-refractivity contribution is 5.84.